The van der Waals surface area contributed by atoms with Crippen molar-refractivity contribution in [1.82, 2.24) is 4.57 Å². The molecule has 0 unspecified atom stereocenters. The van der Waals surface area contributed by atoms with Crippen molar-refractivity contribution in [2.75, 3.05) is 12.9 Å². The third-order valence-electron chi connectivity index (χ3n) is 4.27. The molecule has 136 valence electrons. The second-order valence-electron chi connectivity index (χ2n) is 6.07. The summed E-state index contributed by atoms with van der Waals surface area (Å²) in [5.74, 6) is -0.253. The summed E-state index contributed by atoms with van der Waals surface area (Å²) in [7, 11) is 1.31. The van der Waals surface area contributed by atoms with Gasteiger partial charge in [-0.2, -0.15) is 0 Å². The van der Waals surface area contributed by atoms with E-state index in [0.29, 0.717) is 21.9 Å². The number of benzene rings is 1. The van der Waals surface area contributed by atoms with Crippen molar-refractivity contribution in [3.63, 3.8) is 0 Å². The Morgan fingerprint density at radius 3 is 2.62 bits per heavy atom. The van der Waals surface area contributed by atoms with Gasteiger partial charge in [0, 0.05) is 17.4 Å². The van der Waals surface area contributed by atoms with Gasteiger partial charge < -0.3 is 9.47 Å². The monoisotopic (exact) mass is 373 g/mol. The quantitative estimate of drug-likeness (QED) is 0.767. The molecule has 1 aliphatic rings. The number of esters is 2. The fourth-order valence-corrected chi connectivity index (χ4v) is 4.19. The number of hydrogen-bond acceptors (Lipinski definition) is 6. The number of aromatic nitrogens is 1. The van der Waals surface area contributed by atoms with Crippen molar-refractivity contribution in [1.29, 1.82) is 0 Å². The third-order valence-corrected chi connectivity index (χ3v) is 5.69. The summed E-state index contributed by atoms with van der Waals surface area (Å²) < 4.78 is 11.7. The molecule has 2 aromatic rings. The van der Waals surface area contributed by atoms with E-state index in [9.17, 15) is 14.4 Å². The largest absolute Gasteiger partial charge is 0.467 e. The van der Waals surface area contributed by atoms with Crippen LogP contribution in [0.4, 0.5) is 0 Å². The normalized spacial score (nSPS) is 18.7. The first-order chi connectivity index (χ1) is 12.5. The zero-order chi connectivity index (χ0) is 18.7. The third kappa shape index (κ3) is 3.53. The average Bonchev–Trinajstić information content (AvgIpc) is 2.67. The van der Waals surface area contributed by atoms with Crippen LogP contribution in [0.25, 0.3) is 0 Å². The molecule has 0 radical (unpaired) electrons. The van der Waals surface area contributed by atoms with Crippen molar-refractivity contribution in [3.05, 3.63) is 63.9 Å². The summed E-state index contributed by atoms with van der Waals surface area (Å²) in [5.41, 5.74) is 0.885. The van der Waals surface area contributed by atoms with Gasteiger partial charge in [-0.1, -0.05) is 25.1 Å². The van der Waals surface area contributed by atoms with Crippen LogP contribution in [0.2, 0.25) is 0 Å². The Hall–Kier alpha value is -2.54. The van der Waals surface area contributed by atoms with Crippen LogP contribution in [0.5, 0.6) is 0 Å². The molecule has 3 rings (SSSR count). The van der Waals surface area contributed by atoms with Gasteiger partial charge in [-0.05, 0) is 24.1 Å². The van der Waals surface area contributed by atoms with E-state index in [4.69, 9.17) is 9.47 Å². The highest BCUT2D eigenvalue weighted by molar-refractivity contribution is 7.99. The summed E-state index contributed by atoms with van der Waals surface area (Å²) in [6.07, 6.45) is 0. The average molecular weight is 373 g/mol. The minimum Gasteiger partial charge on any atom is -0.467 e. The molecule has 0 aliphatic carbocycles. The van der Waals surface area contributed by atoms with Gasteiger partial charge in [-0.15, -0.1) is 11.8 Å². The number of methoxy groups -OCH3 is 1. The molecule has 6 nitrogen and oxygen atoms in total. The standard InChI is InChI=1S/C19H19NO5S/c1-12-11-26-17-14(10-25-18(22)13-6-4-3-5-7-13)8-9-15(21)20(17)16(12)19(23)24-2/h3-9,12,16H,10-11H2,1-2H3/t12-,16+/m1/s1. The van der Waals surface area contributed by atoms with Gasteiger partial charge in [0.2, 0.25) is 0 Å². The number of rotatable bonds is 4. The molecule has 2 atom stereocenters. The van der Waals surface area contributed by atoms with E-state index < -0.39 is 18.0 Å². The number of hydrogen-bond donors (Lipinski definition) is 0. The maximum atomic E-state index is 12.4. The van der Waals surface area contributed by atoms with Crippen LogP contribution in [0.1, 0.15) is 28.9 Å². The molecule has 0 amide bonds. The molecule has 1 aromatic carbocycles. The molecular formula is C19H19NO5S. The molecule has 7 heteroatoms. The van der Waals surface area contributed by atoms with Gasteiger partial charge in [0.05, 0.1) is 17.7 Å². The predicted molar refractivity (Wildman–Crippen MR) is 97.2 cm³/mol. The maximum Gasteiger partial charge on any atom is 0.338 e. The van der Waals surface area contributed by atoms with E-state index in [2.05, 4.69) is 0 Å². The Labute approximate surface area is 155 Å². The van der Waals surface area contributed by atoms with E-state index in [1.54, 1.807) is 30.3 Å². The lowest BCUT2D eigenvalue weighted by molar-refractivity contribution is -0.146. The van der Waals surface area contributed by atoms with Crippen LogP contribution in [-0.2, 0) is 20.9 Å². The summed E-state index contributed by atoms with van der Waals surface area (Å²) in [6.45, 7) is 1.94. The first-order valence-corrected chi connectivity index (χ1v) is 9.18. The molecule has 0 saturated carbocycles. The number of thioether (sulfide) groups is 1. The predicted octanol–water partition coefficient (Wildman–Crippen LogP) is 2.66. The van der Waals surface area contributed by atoms with Crippen LogP contribution in [0, 0.1) is 5.92 Å². The maximum absolute atomic E-state index is 12.4. The molecule has 26 heavy (non-hydrogen) atoms. The minimum absolute atomic E-state index is 0.0264. The number of carbonyl (C=O) groups is 2. The van der Waals surface area contributed by atoms with Crippen LogP contribution in [0.3, 0.4) is 0 Å². The summed E-state index contributed by atoms with van der Waals surface area (Å²) >= 11 is 1.48. The number of fused-ring (bicyclic) bond motifs is 1. The molecule has 0 saturated heterocycles. The second-order valence-corrected chi connectivity index (χ2v) is 7.08. The zero-order valence-electron chi connectivity index (χ0n) is 14.5. The van der Waals surface area contributed by atoms with E-state index in [1.807, 2.05) is 13.0 Å². The Balaban J connectivity index is 1.88. The van der Waals surface area contributed by atoms with E-state index in [1.165, 1.54) is 29.5 Å². The van der Waals surface area contributed by atoms with Crippen molar-refractivity contribution in [2.45, 2.75) is 24.6 Å². The molecule has 0 fully saturated rings. The Morgan fingerprint density at radius 1 is 1.19 bits per heavy atom. The Morgan fingerprint density at radius 2 is 1.92 bits per heavy atom. The zero-order valence-corrected chi connectivity index (χ0v) is 15.3. The van der Waals surface area contributed by atoms with Gasteiger partial charge in [0.25, 0.3) is 5.56 Å². The molecule has 0 bridgehead atoms. The smallest absolute Gasteiger partial charge is 0.338 e. The van der Waals surface area contributed by atoms with Crippen molar-refractivity contribution in [3.8, 4) is 0 Å². The number of nitrogens with zero attached hydrogens (tertiary/aromatic N) is 1. The highest BCUT2D eigenvalue weighted by Gasteiger charge is 2.35. The van der Waals surface area contributed by atoms with Gasteiger partial charge in [-0.25, -0.2) is 9.59 Å². The fourth-order valence-electron chi connectivity index (χ4n) is 2.93. The minimum atomic E-state index is -0.673. The molecule has 1 aromatic heterocycles. The van der Waals surface area contributed by atoms with E-state index >= 15 is 0 Å². The molecule has 1 aliphatic heterocycles. The number of ether oxygens (including phenoxy) is 2. The summed E-state index contributed by atoms with van der Waals surface area (Å²) in [6, 6.07) is 11.1. The van der Waals surface area contributed by atoms with Crippen LogP contribution < -0.4 is 5.56 Å². The van der Waals surface area contributed by atoms with Crippen molar-refractivity contribution >= 4 is 23.7 Å². The number of pyridine rings is 1. The van der Waals surface area contributed by atoms with Gasteiger partial charge in [0.1, 0.15) is 12.6 Å². The van der Waals surface area contributed by atoms with Crippen molar-refractivity contribution < 1.29 is 19.1 Å². The van der Waals surface area contributed by atoms with E-state index in [-0.39, 0.29) is 18.1 Å². The highest BCUT2D eigenvalue weighted by atomic mass is 32.2. The molecule has 0 spiro atoms. The SMILES string of the molecule is COC(=O)[C@@H]1[C@H](C)CSc2c(COC(=O)c3ccccc3)ccc(=O)n21. The first-order valence-electron chi connectivity index (χ1n) is 8.20. The molecule has 0 N–H and O–H groups in total. The lowest BCUT2D eigenvalue weighted by Gasteiger charge is -2.31. The Kier molecular flexibility index (Phi) is 5.46. The fraction of sp³-hybridized carbons (Fsp3) is 0.316. The lowest BCUT2D eigenvalue weighted by atomic mass is 10.0. The topological polar surface area (TPSA) is 74.6 Å². The highest BCUT2D eigenvalue weighted by Crippen LogP contribution is 2.36. The second kappa shape index (κ2) is 7.78. The van der Waals surface area contributed by atoms with Gasteiger partial charge in [0.15, 0.2) is 0 Å². The van der Waals surface area contributed by atoms with Crippen LogP contribution >= 0.6 is 11.8 Å². The van der Waals surface area contributed by atoms with Crippen LogP contribution in [-0.4, -0.2) is 29.4 Å². The molecule has 2 heterocycles. The van der Waals surface area contributed by atoms with E-state index in [0.717, 1.165) is 0 Å². The summed E-state index contributed by atoms with van der Waals surface area (Å²) in [5, 5.41) is 0.645. The lowest BCUT2D eigenvalue weighted by Crippen LogP contribution is -2.39. The van der Waals surface area contributed by atoms with Gasteiger partial charge >= 0.3 is 11.9 Å². The summed E-state index contributed by atoms with van der Waals surface area (Å²) in [4.78, 5) is 36.7. The Bertz CT molecular complexity index is 877. The number of carbonyl (C=O) groups excluding carboxylic acids is 2. The molecular weight excluding hydrogens is 354 g/mol. The first kappa shape index (κ1) is 18.3. The van der Waals surface area contributed by atoms with Gasteiger partial charge in [-0.3, -0.25) is 9.36 Å². The van der Waals surface area contributed by atoms with Crippen molar-refractivity contribution in [2.24, 2.45) is 5.92 Å². The van der Waals surface area contributed by atoms with Crippen LogP contribution in [0.15, 0.2) is 52.3 Å².